The standard InChI is InChI=1S/C23H19ClN4O3S2/c1-12-18(24)11-21(32-12)33-27-23(31)26-15-2-4-16(5-3-15)28-20(29)10-14-9-19-13(6-7-25-19)8-17(14)22(28)30/h2-5,8-9,11,25H,6-7,10H2,1H3,(H2,26,27,31). The molecule has 0 radical (unpaired) electrons. The number of amides is 4. The van der Waals surface area contributed by atoms with Crippen LogP contribution in [0.5, 0.6) is 0 Å². The largest absolute Gasteiger partial charge is 0.384 e. The number of nitrogens with zero attached hydrogens (tertiary/aromatic N) is 1. The van der Waals surface area contributed by atoms with Crippen molar-refractivity contribution in [2.24, 2.45) is 0 Å². The molecule has 2 aromatic carbocycles. The molecule has 168 valence electrons. The molecule has 0 unspecified atom stereocenters. The fraction of sp³-hybridized carbons (Fsp3) is 0.174. The van der Waals surface area contributed by atoms with Gasteiger partial charge in [0.15, 0.2) is 0 Å². The highest BCUT2D eigenvalue weighted by molar-refractivity contribution is 7.99. The minimum absolute atomic E-state index is 0.169. The average molecular weight is 499 g/mol. The Morgan fingerprint density at radius 1 is 1.15 bits per heavy atom. The third-order valence-corrected chi connectivity index (χ3v) is 7.98. The number of halogens is 1. The van der Waals surface area contributed by atoms with Crippen LogP contribution in [0.3, 0.4) is 0 Å². The number of rotatable bonds is 4. The highest BCUT2D eigenvalue weighted by Gasteiger charge is 2.33. The van der Waals surface area contributed by atoms with Crippen molar-refractivity contribution in [1.82, 2.24) is 4.72 Å². The van der Waals surface area contributed by atoms with Crippen molar-refractivity contribution in [3.63, 3.8) is 0 Å². The number of carbonyl (C=O) groups is 3. The van der Waals surface area contributed by atoms with Gasteiger partial charge < -0.3 is 10.6 Å². The number of fused-ring (bicyclic) bond motifs is 2. The lowest BCUT2D eigenvalue weighted by molar-refractivity contribution is -0.117. The van der Waals surface area contributed by atoms with Gasteiger partial charge in [0.2, 0.25) is 5.91 Å². The molecule has 4 amide bonds. The molecule has 0 bridgehead atoms. The normalized spacial score (nSPS) is 14.5. The Bertz CT molecular complexity index is 1270. The fourth-order valence-electron chi connectivity index (χ4n) is 3.91. The number of nitrogens with one attached hydrogen (secondary N) is 3. The molecule has 0 atom stereocenters. The quantitative estimate of drug-likeness (QED) is 0.338. The third kappa shape index (κ3) is 4.31. The molecule has 3 N–H and O–H groups in total. The van der Waals surface area contributed by atoms with Gasteiger partial charge in [-0.25, -0.2) is 9.69 Å². The van der Waals surface area contributed by atoms with Crippen molar-refractivity contribution >= 4 is 69.8 Å². The summed E-state index contributed by atoms with van der Waals surface area (Å²) in [7, 11) is 0. The number of imide groups is 1. The van der Waals surface area contributed by atoms with E-state index in [9.17, 15) is 14.4 Å². The van der Waals surface area contributed by atoms with Crippen LogP contribution in [-0.4, -0.2) is 24.4 Å². The molecule has 3 heterocycles. The Morgan fingerprint density at radius 2 is 1.94 bits per heavy atom. The first-order chi connectivity index (χ1) is 15.9. The van der Waals surface area contributed by atoms with E-state index in [0.717, 1.165) is 38.9 Å². The van der Waals surface area contributed by atoms with E-state index in [0.29, 0.717) is 22.0 Å². The van der Waals surface area contributed by atoms with Crippen molar-refractivity contribution in [2.75, 3.05) is 22.1 Å². The highest BCUT2D eigenvalue weighted by atomic mass is 35.5. The number of carbonyl (C=O) groups excluding carboxylic acids is 3. The third-order valence-electron chi connectivity index (χ3n) is 5.53. The zero-order chi connectivity index (χ0) is 23.1. The molecule has 7 nitrogen and oxygen atoms in total. The average Bonchev–Trinajstić information content (AvgIpc) is 3.37. The maximum absolute atomic E-state index is 13.1. The molecule has 10 heteroatoms. The number of aryl methyl sites for hydroxylation is 1. The summed E-state index contributed by atoms with van der Waals surface area (Å²) in [5.74, 6) is -0.596. The van der Waals surface area contributed by atoms with Crippen LogP contribution in [-0.2, 0) is 17.6 Å². The molecule has 2 aliphatic rings. The lowest BCUT2D eigenvalue weighted by Crippen LogP contribution is -2.42. The molecule has 0 fully saturated rings. The van der Waals surface area contributed by atoms with E-state index >= 15 is 0 Å². The van der Waals surface area contributed by atoms with Gasteiger partial charge in [0, 0.05) is 28.4 Å². The Labute approximate surface area is 203 Å². The molecular weight excluding hydrogens is 480 g/mol. The van der Waals surface area contributed by atoms with E-state index in [-0.39, 0.29) is 18.2 Å². The second-order valence-corrected chi connectivity index (χ2v) is 10.5. The summed E-state index contributed by atoms with van der Waals surface area (Å²) in [5.41, 5.74) is 4.44. The van der Waals surface area contributed by atoms with Crippen LogP contribution in [0.15, 0.2) is 46.7 Å². The number of hydrogen-bond donors (Lipinski definition) is 3. The van der Waals surface area contributed by atoms with Gasteiger partial charge in [-0.3, -0.25) is 14.3 Å². The maximum Gasteiger partial charge on any atom is 0.329 e. The first kappa shape index (κ1) is 21.8. The van der Waals surface area contributed by atoms with E-state index in [1.807, 2.05) is 19.1 Å². The van der Waals surface area contributed by atoms with E-state index in [2.05, 4.69) is 15.4 Å². The van der Waals surface area contributed by atoms with E-state index in [1.54, 1.807) is 30.3 Å². The number of urea groups is 1. The van der Waals surface area contributed by atoms with Crippen molar-refractivity contribution < 1.29 is 14.4 Å². The molecule has 0 saturated heterocycles. The maximum atomic E-state index is 13.1. The van der Waals surface area contributed by atoms with E-state index < -0.39 is 6.03 Å². The van der Waals surface area contributed by atoms with Gasteiger partial charge in [0.05, 0.1) is 21.3 Å². The van der Waals surface area contributed by atoms with Gasteiger partial charge in [0.1, 0.15) is 0 Å². The molecule has 0 spiro atoms. The molecule has 5 rings (SSSR count). The van der Waals surface area contributed by atoms with Gasteiger partial charge in [-0.05, 0) is 78.9 Å². The number of anilines is 3. The lowest BCUT2D eigenvalue weighted by Gasteiger charge is -2.27. The topological polar surface area (TPSA) is 90.5 Å². The lowest BCUT2D eigenvalue weighted by atomic mass is 9.94. The van der Waals surface area contributed by atoms with E-state index in [1.165, 1.54) is 28.2 Å². The molecule has 2 aliphatic heterocycles. The number of hydrogen-bond acceptors (Lipinski definition) is 6. The van der Waals surface area contributed by atoms with Crippen LogP contribution in [0.1, 0.15) is 26.4 Å². The van der Waals surface area contributed by atoms with Crippen LogP contribution < -0.4 is 20.3 Å². The van der Waals surface area contributed by atoms with Gasteiger partial charge >= 0.3 is 6.03 Å². The van der Waals surface area contributed by atoms with Crippen LogP contribution in [0, 0.1) is 6.92 Å². The van der Waals surface area contributed by atoms with Gasteiger partial charge in [-0.2, -0.15) is 0 Å². The second kappa shape index (κ2) is 8.74. The van der Waals surface area contributed by atoms with Gasteiger partial charge in [-0.1, -0.05) is 11.6 Å². The Balaban J connectivity index is 1.26. The van der Waals surface area contributed by atoms with Crippen molar-refractivity contribution in [3.05, 3.63) is 69.1 Å². The minimum atomic E-state index is -0.392. The van der Waals surface area contributed by atoms with Crippen LogP contribution >= 0.6 is 34.9 Å². The SMILES string of the molecule is Cc1sc(SNC(=O)Nc2ccc(N3C(=O)Cc4cc5c(cc4C3=O)CCN5)cc2)cc1Cl. The van der Waals surface area contributed by atoms with Gasteiger partial charge in [0.25, 0.3) is 5.91 Å². The molecule has 0 saturated carbocycles. The Morgan fingerprint density at radius 3 is 2.67 bits per heavy atom. The first-order valence-corrected chi connectivity index (χ1v) is 12.3. The van der Waals surface area contributed by atoms with Crippen LogP contribution in [0.25, 0.3) is 0 Å². The van der Waals surface area contributed by atoms with E-state index in [4.69, 9.17) is 11.6 Å². The minimum Gasteiger partial charge on any atom is -0.384 e. The summed E-state index contributed by atoms with van der Waals surface area (Å²) in [6.45, 7) is 2.75. The first-order valence-electron chi connectivity index (χ1n) is 10.3. The predicted octanol–water partition coefficient (Wildman–Crippen LogP) is 5.24. The monoisotopic (exact) mass is 498 g/mol. The molecule has 1 aromatic heterocycles. The zero-order valence-corrected chi connectivity index (χ0v) is 19.9. The van der Waals surface area contributed by atoms with Crippen molar-refractivity contribution in [2.45, 2.75) is 24.0 Å². The zero-order valence-electron chi connectivity index (χ0n) is 17.5. The summed E-state index contributed by atoms with van der Waals surface area (Å²) in [6.07, 6.45) is 1.03. The second-order valence-electron chi connectivity index (χ2n) is 7.73. The van der Waals surface area contributed by atoms with Gasteiger partial charge in [-0.15, -0.1) is 11.3 Å². The Kier molecular flexibility index (Phi) is 5.77. The smallest absolute Gasteiger partial charge is 0.329 e. The van der Waals surface area contributed by atoms with Crippen LogP contribution in [0.2, 0.25) is 5.02 Å². The molecule has 3 aromatic rings. The molecular formula is C23H19ClN4O3S2. The van der Waals surface area contributed by atoms with Crippen molar-refractivity contribution in [3.8, 4) is 0 Å². The summed E-state index contributed by atoms with van der Waals surface area (Å²) >= 11 is 8.72. The summed E-state index contributed by atoms with van der Waals surface area (Å²) < 4.78 is 3.59. The highest BCUT2D eigenvalue weighted by Crippen LogP contribution is 2.33. The number of thiophene rings is 1. The fourth-order valence-corrected chi connectivity index (χ4v) is 5.98. The summed E-state index contributed by atoms with van der Waals surface area (Å²) in [4.78, 5) is 40.3. The summed E-state index contributed by atoms with van der Waals surface area (Å²) in [5, 5.41) is 6.69. The number of benzene rings is 2. The predicted molar refractivity (Wildman–Crippen MR) is 133 cm³/mol. The molecule has 0 aliphatic carbocycles. The van der Waals surface area contributed by atoms with Crippen LogP contribution in [0.4, 0.5) is 21.9 Å². The molecule has 33 heavy (non-hydrogen) atoms. The Hall–Kier alpha value is -3.01. The van der Waals surface area contributed by atoms with Crippen molar-refractivity contribution in [1.29, 1.82) is 0 Å². The summed E-state index contributed by atoms with van der Waals surface area (Å²) in [6, 6.07) is 11.9.